The Morgan fingerprint density at radius 1 is 1.29 bits per heavy atom. The highest BCUT2D eigenvalue weighted by Crippen LogP contribution is 2.26. The molecule has 1 heterocycles. The smallest absolute Gasteiger partial charge is 0.0842 e. The van der Waals surface area contributed by atoms with E-state index in [2.05, 4.69) is 39.0 Å². The molecule has 2 rings (SSSR count). The summed E-state index contributed by atoms with van der Waals surface area (Å²) >= 11 is 0. The van der Waals surface area contributed by atoms with Gasteiger partial charge in [0.1, 0.15) is 0 Å². The van der Waals surface area contributed by atoms with Crippen molar-refractivity contribution < 1.29 is 4.74 Å². The van der Waals surface area contributed by atoms with Crippen LogP contribution in [0.1, 0.15) is 30.0 Å². The average molecular weight is 190 g/mol. The van der Waals surface area contributed by atoms with E-state index in [1.807, 2.05) is 0 Å². The summed E-state index contributed by atoms with van der Waals surface area (Å²) in [5.74, 6) is 0. The Morgan fingerprint density at radius 3 is 2.57 bits per heavy atom. The second kappa shape index (κ2) is 3.74. The summed E-state index contributed by atoms with van der Waals surface area (Å²) in [6.07, 6.45) is 3.35. The number of hydrogen-bond donors (Lipinski definition) is 0. The Bertz CT molecular complexity index is 330. The molecule has 1 nitrogen and oxygen atoms in total. The second-order valence-electron chi connectivity index (χ2n) is 4.35. The lowest BCUT2D eigenvalue weighted by molar-refractivity contribution is 0.370. The summed E-state index contributed by atoms with van der Waals surface area (Å²) < 4.78 is 5.40. The molecule has 1 aliphatic rings. The maximum Gasteiger partial charge on any atom is 0.0842 e. The SMILES string of the molecule is Cc1ccc(CCC2OC2C)c(C)c1. The van der Waals surface area contributed by atoms with E-state index in [0.717, 1.165) is 6.42 Å². The zero-order valence-electron chi connectivity index (χ0n) is 9.21. The van der Waals surface area contributed by atoms with Crippen LogP contribution in [0.25, 0.3) is 0 Å². The quantitative estimate of drug-likeness (QED) is 0.667. The molecule has 1 saturated heterocycles. The van der Waals surface area contributed by atoms with Crippen molar-refractivity contribution in [1.29, 1.82) is 0 Å². The van der Waals surface area contributed by atoms with Gasteiger partial charge in [0.25, 0.3) is 0 Å². The van der Waals surface area contributed by atoms with Crippen LogP contribution < -0.4 is 0 Å². The summed E-state index contributed by atoms with van der Waals surface area (Å²) in [7, 11) is 0. The van der Waals surface area contributed by atoms with E-state index >= 15 is 0 Å². The van der Waals surface area contributed by atoms with Gasteiger partial charge < -0.3 is 4.74 Å². The molecule has 2 unspecified atom stereocenters. The molecule has 0 radical (unpaired) electrons. The number of hydrogen-bond acceptors (Lipinski definition) is 1. The first-order chi connectivity index (χ1) is 6.66. The van der Waals surface area contributed by atoms with Crippen molar-refractivity contribution in [3.05, 3.63) is 34.9 Å². The lowest BCUT2D eigenvalue weighted by Crippen LogP contribution is -1.96. The summed E-state index contributed by atoms with van der Waals surface area (Å²) in [5.41, 5.74) is 4.24. The second-order valence-corrected chi connectivity index (χ2v) is 4.35. The third-order valence-corrected chi connectivity index (χ3v) is 3.03. The lowest BCUT2D eigenvalue weighted by Gasteiger charge is -2.05. The minimum Gasteiger partial charge on any atom is -0.370 e. The predicted molar refractivity (Wildman–Crippen MR) is 58.6 cm³/mol. The average Bonchev–Trinajstić information content (AvgIpc) is 2.80. The summed E-state index contributed by atoms with van der Waals surface area (Å²) in [4.78, 5) is 0. The monoisotopic (exact) mass is 190 g/mol. The van der Waals surface area contributed by atoms with Gasteiger partial charge in [-0.25, -0.2) is 0 Å². The minimum absolute atomic E-state index is 0.501. The van der Waals surface area contributed by atoms with Crippen LogP contribution in [0.15, 0.2) is 18.2 Å². The van der Waals surface area contributed by atoms with Gasteiger partial charge >= 0.3 is 0 Å². The van der Waals surface area contributed by atoms with Crippen molar-refractivity contribution in [3.63, 3.8) is 0 Å². The summed E-state index contributed by atoms with van der Waals surface area (Å²) in [6, 6.07) is 6.70. The fourth-order valence-electron chi connectivity index (χ4n) is 1.96. The molecule has 1 aromatic carbocycles. The molecular formula is C13H18O. The van der Waals surface area contributed by atoms with Crippen molar-refractivity contribution in [2.24, 2.45) is 0 Å². The molecule has 0 aromatic heterocycles. The standard InChI is InChI=1S/C13H18O/c1-9-4-5-12(10(2)8-9)6-7-13-11(3)14-13/h4-5,8,11,13H,6-7H2,1-3H3. The fourth-order valence-corrected chi connectivity index (χ4v) is 1.96. The molecule has 0 aliphatic carbocycles. The predicted octanol–water partition coefficient (Wildman–Crippen LogP) is 3.02. The number of ether oxygens (including phenoxy) is 1. The van der Waals surface area contributed by atoms with E-state index in [-0.39, 0.29) is 0 Å². The molecule has 0 amide bonds. The van der Waals surface area contributed by atoms with E-state index < -0.39 is 0 Å². The maximum atomic E-state index is 5.40. The van der Waals surface area contributed by atoms with Gasteiger partial charge in [-0.3, -0.25) is 0 Å². The van der Waals surface area contributed by atoms with E-state index in [1.54, 1.807) is 0 Å². The number of epoxide rings is 1. The normalized spacial score (nSPS) is 25.1. The Kier molecular flexibility index (Phi) is 2.60. The number of rotatable bonds is 3. The molecule has 1 aromatic rings. The first-order valence-corrected chi connectivity index (χ1v) is 5.38. The molecule has 14 heavy (non-hydrogen) atoms. The van der Waals surface area contributed by atoms with Gasteiger partial charge in [0, 0.05) is 0 Å². The van der Waals surface area contributed by atoms with E-state index in [9.17, 15) is 0 Å². The zero-order chi connectivity index (χ0) is 10.1. The van der Waals surface area contributed by atoms with Crippen LogP contribution in [0.2, 0.25) is 0 Å². The van der Waals surface area contributed by atoms with Gasteiger partial charge in [-0.15, -0.1) is 0 Å². The molecule has 0 saturated carbocycles. The maximum absolute atomic E-state index is 5.40. The van der Waals surface area contributed by atoms with Crippen LogP contribution >= 0.6 is 0 Å². The lowest BCUT2D eigenvalue weighted by atomic mass is 10.0. The topological polar surface area (TPSA) is 12.5 Å². The minimum atomic E-state index is 0.501. The molecule has 2 atom stereocenters. The van der Waals surface area contributed by atoms with Gasteiger partial charge in [-0.05, 0) is 44.7 Å². The van der Waals surface area contributed by atoms with E-state index in [4.69, 9.17) is 4.74 Å². The van der Waals surface area contributed by atoms with Crippen molar-refractivity contribution in [3.8, 4) is 0 Å². The van der Waals surface area contributed by atoms with Crippen LogP contribution in [0.5, 0.6) is 0 Å². The van der Waals surface area contributed by atoms with E-state index in [1.165, 1.54) is 23.1 Å². The van der Waals surface area contributed by atoms with Crippen molar-refractivity contribution in [1.82, 2.24) is 0 Å². The first kappa shape index (κ1) is 9.72. The summed E-state index contributed by atoms with van der Waals surface area (Å²) in [5, 5.41) is 0. The van der Waals surface area contributed by atoms with Gasteiger partial charge in [0.05, 0.1) is 12.2 Å². The van der Waals surface area contributed by atoms with Crippen LogP contribution in [-0.4, -0.2) is 12.2 Å². The van der Waals surface area contributed by atoms with Crippen LogP contribution in [0.3, 0.4) is 0 Å². The van der Waals surface area contributed by atoms with Crippen LogP contribution in [0.4, 0.5) is 0 Å². The molecule has 1 heteroatoms. The van der Waals surface area contributed by atoms with Gasteiger partial charge in [-0.2, -0.15) is 0 Å². The highest BCUT2D eigenvalue weighted by molar-refractivity contribution is 5.30. The molecule has 76 valence electrons. The van der Waals surface area contributed by atoms with E-state index in [0.29, 0.717) is 12.2 Å². The first-order valence-electron chi connectivity index (χ1n) is 5.38. The molecule has 0 bridgehead atoms. The van der Waals surface area contributed by atoms with Crippen molar-refractivity contribution in [2.45, 2.75) is 45.8 Å². The van der Waals surface area contributed by atoms with Gasteiger partial charge in [-0.1, -0.05) is 23.8 Å². The third kappa shape index (κ3) is 2.16. The Morgan fingerprint density at radius 2 is 2.00 bits per heavy atom. The Balaban J connectivity index is 1.95. The number of aryl methyl sites for hydroxylation is 3. The van der Waals surface area contributed by atoms with Crippen molar-refractivity contribution in [2.75, 3.05) is 0 Å². The highest BCUT2D eigenvalue weighted by atomic mass is 16.6. The third-order valence-electron chi connectivity index (χ3n) is 3.03. The molecule has 0 N–H and O–H groups in total. The van der Waals surface area contributed by atoms with Crippen molar-refractivity contribution >= 4 is 0 Å². The zero-order valence-corrected chi connectivity index (χ0v) is 9.21. The number of benzene rings is 1. The van der Waals surface area contributed by atoms with Crippen LogP contribution in [0, 0.1) is 13.8 Å². The molecule has 1 fully saturated rings. The van der Waals surface area contributed by atoms with Gasteiger partial charge in [0.2, 0.25) is 0 Å². The largest absolute Gasteiger partial charge is 0.370 e. The molecule has 0 spiro atoms. The fraction of sp³-hybridized carbons (Fsp3) is 0.538. The Labute approximate surface area is 86.1 Å². The summed E-state index contributed by atoms with van der Waals surface area (Å²) in [6.45, 7) is 6.48. The van der Waals surface area contributed by atoms with Crippen LogP contribution in [-0.2, 0) is 11.2 Å². The van der Waals surface area contributed by atoms with Gasteiger partial charge in [0.15, 0.2) is 0 Å². The molecular weight excluding hydrogens is 172 g/mol. The molecule has 1 aliphatic heterocycles. The highest BCUT2D eigenvalue weighted by Gasteiger charge is 2.33. The Hall–Kier alpha value is -0.820.